The quantitative estimate of drug-likeness (QED) is 0.120. The SMILES string of the molecule is Cc1cccc2oc3ccc(B4OC(C)(C)C(C)(C)O4)cc3c12.N=C(N=C(N)c1ccc(-c2ccccc2)cc1)c1ccccc1. The van der Waals surface area contributed by atoms with Gasteiger partial charge in [-0.05, 0) is 68.9 Å². The van der Waals surface area contributed by atoms with Crippen molar-refractivity contribution < 1.29 is 13.7 Å². The van der Waals surface area contributed by atoms with Gasteiger partial charge in [0.15, 0.2) is 5.84 Å². The molecule has 0 unspecified atom stereocenters. The van der Waals surface area contributed by atoms with Gasteiger partial charge in [0.1, 0.15) is 17.0 Å². The number of nitrogens with one attached hydrogen (secondary N) is 1. The summed E-state index contributed by atoms with van der Waals surface area (Å²) in [5.74, 6) is 0.508. The van der Waals surface area contributed by atoms with E-state index in [1.54, 1.807) is 0 Å². The van der Waals surface area contributed by atoms with Crippen LogP contribution in [-0.2, 0) is 9.31 Å². The van der Waals surface area contributed by atoms with Crippen molar-refractivity contribution in [3.8, 4) is 11.1 Å². The third-order valence-electron chi connectivity index (χ3n) is 8.82. The lowest BCUT2D eigenvalue weighted by atomic mass is 9.78. The topological polar surface area (TPSA) is 93.8 Å². The van der Waals surface area contributed by atoms with E-state index in [0.29, 0.717) is 5.84 Å². The molecular formula is C39H38BN3O3. The lowest BCUT2D eigenvalue weighted by molar-refractivity contribution is 0.00578. The highest BCUT2D eigenvalue weighted by molar-refractivity contribution is 6.62. The molecule has 5 aromatic carbocycles. The first-order chi connectivity index (χ1) is 22.0. The van der Waals surface area contributed by atoms with Crippen LogP contribution in [-0.4, -0.2) is 30.0 Å². The van der Waals surface area contributed by atoms with Gasteiger partial charge in [-0.3, -0.25) is 5.41 Å². The summed E-state index contributed by atoms with van der Waals surface area (Å²) >= 11 is 0. The van der Waals surface area contributed by atoms with Gasteiger partial charge in [0, 0.05) is 21.9 Å². The fourth-order valence-electron chi connectivity index (χ4n) is 5.46. The number of hydrogen-bond acceptors (Lipinski definition) is 4. The van der Waals surface area contributed by atoms with E-state index in [1.807, 2.05) is 97.1 Å². The molecule has 0 bridgehead atoms. The number of aryl methyl sites for hydroxylation is 1. The Morgan fingerprint density at radius 1 is 0.674 bits per heavy atom. The summed E-state index contributed by atoms with van der Waals surface area (Å²) in [6.07, 6.45) is 0. The largest absolute Gasteiger partial charge is 0.494 e. The van der Waals surface area contributed by atoms with Crippen LogP contribution in [0.1, 0.15) is 44.4 Å². The molecule has 230 valence electrons. The average molecular weight is 608 g/mol. The molecule has 6 aromatic rings. The first kappa shape index (κ1) is 31.0. The van der Waals surface area contributed by atoms with Crippen LogP contribution in [0.2, 0.25) is 0 Å². The van der Waals surface area contributed by atoms with Crippen molar-refractivity contribution in [2.45, 2.75) is 45.8 Å². The van der Waals surface area contributed by atoms with Gasteiger partial charge in [-0.25, -0.2) is 4.99 Å². The number of amidine groups is 2. The second-order valence-corrected chi connectivity index (χ2v) is 12.5. The monoisotopic (exact) mass is 607 g/mol. The Kier molecular flexibility index (Phi) is 8.38. The van der Waals surface area contributed by atoms with E-state index >= 15 is 0 Å². The molecule has 1 aromatic heterocycles. The Morgan fingerprint density at radius 2 is 1.28 bits per heavy atom. The molecule has 1 aliphatic rings. The van der Waals surface area contributed by atoms with Crippen LogP contribution in [0.25, 0.3) is 33.1 Å². The van der Waals surface area contributed by atoms with Gasteiger partial charge in [-0.2, -0.15) is 0 Å². The van der Waals surface area contributed by atoms with Crippen LogP contribution in [0.15, 0.2) is 131 Å². The van der Waals surface area contributed by atoms with E-state index in [0.717, 1.165) is 44.3 Å². The van der Waals surface area contributed by atoms with E-state index < -0.39 is 0 Å². The number of aliphatic imine (C=N–C) groups is 1. The van der Waals surface area contributed by atoms with Gasteiger partial charge in [0.25, 0.3) is 0 Å². The lowest BCUT2D eigenvalue weighted by Crippen LogP contribution is -2.41. The van der Waals surface area contributed by atoms with Gasteiger partial charge >= 0.3 is 7.12 Å². The lowest BCUT2D eigenvalue weighted by Gasteiger charge is -2.32. The Hall–Kier alpha value is -4.98. The standard InChI is InChI=1S/C20H17N3.C19H21BO3/c21-19(17-9-5-2-6-10-17)23-20(22)18-13-11-16(12-14-18)15-7-3-1-4-8-15;1-12-7-6-8-16-17(12)14-11-13(9-10-15(14)21-16)20-22-18(2,3)19(4,5)23-20/h1-14H,(H3,21,22,23);6-11H,1-5H3. The highest BCUT2D eigenvalue weighted by atomic mass is 16.7. The van der Waals surface area contributed by atoms with Gasteiger partial charge in [0.05, 0.1) is 11.2 Å². The molecule has 7 rings (SSSR count). The van der Waals surface area contributed by atoms with Crippen molar-refractivity contribution in [1.29, 1.82) is 5.41 Å². The van der Waals surface area contributed by atoms with Gasteiger partial charge in [-0.1, -0.05) is 109 Å². The van der Waals surface area contributed by atoms with Crippen molar-refractivity contribution >= 4 is 46.2 Å². The minimum Gasteiger partial charge on any atom is -0.456 e. The molecule has 1 aliphatic heterocycles. The smallest absolute Gasteiger partial charge is 0.456 e. The number of hydrogen-bond donors (Lipinski definition) is 2. The van der Waals surface area contributed by atoms with Crippen molar-refractivity contribution in [2.24, 2.45) is 10.7 Å². The van der Waals surface area contributed by atoms with E-state index in [9.17, 15) is 0 Å². The number of benzene rings is 5. The molecule has 0 radical (unpaired) electrons. The van der Waals surface area contributed by atoms with Crippen LogP contribution in [0, 0.1) is 12.3 Å². The fourth-order valence-corrected chi connectivity index (χ4v) is 5.46. The zero-order valence-corrected chi connectivity index (χ0v) is 26.9. The van der Waals surface area contributed by atoms with Crippen molar-refractivity contribution in [3.63, 3.8) is 0 Å². The van der Waals surface area contributed by atoms with Crippen LogP contribution in [0.4, 0.5) is 0 Å². The first-order valence-electron chi connectivity index (χ1n) is 15.4. The van der Waals surface area contributed by atoms with Crippen LogP contribution < -0.4 is 11.2 Å². The van der Waals surface area contributed by atoms with E-state index in [-0.39, 0.29) is 24.2 Å². The van der Waals surface area contributed by atoms with Gasteiger partial charge in [0.2, 0.25) is 0 Å². The van der Waals surface area contributed by atoms with E-state index in [1.165, 1.54) is 10.9 Å². The number of rotatable bonds is 4. The second-order valence-electron chi connectivity index (χ2n) is 12.5. The van der Waals surface area contributed by atoms with Crippen LogP contribution >= 0.6 is 0 Å². The van der Waals surface area contributed by atoms with Crippen molar-refractivity contribution in [2.75, 3.05) is 0 Å². The summed E-state index contributed by atoms with van der Waals surface area (Å²) in [6, 6.07) is 39.7. The maximum absolute atomic E-state index is 8.02. The number of nitrogens with zero attached hydrogens (tertiary/aromatic N) is 1. The Labute approximate surface area is 270 Å². The van der Waals surface area contributed by atoms with E-state index in [4.69, 9.17) is 24.9 Å². The summed E-state index contributed by atoms with van der Waals surface area (Å²) < 4.78 is 18.3. The molecule has 0 atom stereocenters. The third kappa shape index (κ3) is 6.25. The maximum Gasteiger partial charge on any atom is 0.494 e. The zero-order valence-electron chi connectivity index (χ0n) is 26.9. The molecule has 1 fully saturated rings. The van der Waals surface area contributed by atoms with Crippen LogP contribution in [0.5, 0.6) is 0 Å². The molecule has 0 spiro atoms. The predicted molar refractivity (Wildman–Crippen MR) is 190 cm³/mol. The Bertz CT molecular complexity index is 2020. The average Bonchev–Trinajstić information content (AvgIpc) is 3.54. The summed E-state index contributed by atoms with van der Waals surface area (Å²) in [6.45, 7) is 10.4. The molecule has 0 saturated carbocycles. The zero-order chi connectivity index (χ0) is 32.5. The van der Waals surface area contributed by atoms with E-state index in [2.05, 4.69) is 63.9 Å². The first-order valence-corrected chi connectivity index (χ1v) is 15.4. The van der Waals surface area contributed by atoms with Gasteiger partial charge < -0.3 is 19.5 Å². The molecule has 2 heterocycles. The number of nitrogens with two attached hydrogens (primary N) is 1. The van der Waals surface area contributed by atoms with Gasteiger partial charge in [-0.15, -0.1) is 0 Å². The number of fused-ring (bicyclic) bond motifs is 3. The molecule has 3 N–H and O–H groups in total. The highest BCUT2D eigenvalue weighted by Gasteiger charge is 2.51. The summed E-state index contributed by atoms with van der Waals surface area (Å²) in [5, 5.41) is 10.3. The number of furan rings is 1. The normalized spacial score (nSPS) is 15.5. The summed E-state index contributed by atoms with van der Waals surface area (Å²) in [7, 11) is -0.349. The minimum atomic E-state index is -0.349. The molecule has 7 heteroatoms. The maximum atomic E-state index is 8.02. The van der Waals surface area contributed by atoms with Crippen LogP contribution in [0.3, 0.4) is 0 Å². The minimum absolute atomic E-state index is 0.162. The Morgan fingerprint density at radius 3 is 1.93 bits per heavy atom. The Balaban J connectivity index is 0.000000162. The summed E-state index contributed by atoms with van der Waals surface area (Å²) in [4.78, 5) is 4.20. The molecule has 1 saturated heterocycles. The predicted octanol–water partition coefficient (Wildman–Crippen LogP) is 8.28. The molecule has 46 heavy (non-hydrogen) atoms. The third-order valence-corrected chi connectivity index (χ3v) is 8.82. The second kappa shape index (κ2) is 12.4. The van der Waals surface area contributed by atoms with Crippen molar-refractivity contribution in [1.82, 2.24) is 0 Å². The molecular weight excluding hydrogens is 569 g/mol. The molecule has 6 nitrogen and oxygen atoms in total. The van der Waals surface area contributed by atoms with Crippen molar-refractivity contribution in [3.05, 3.63) is 138 Å². The summed E-state index contributed by atoms with van der Waals surface area (Å²) in [5.41, 5.74) is 13.3. The molecule has 0 aliphatic carbocycles. The highest BCUT2D eigenvalue weighted by Crippen LogP contribution is 2.37. The molecule has 0 amide bonds. The fraction of sp³-hybridized carbons (Fsp3) is 0.179.